The summed E-state index contributed by atoms with van der Waals surface area (Å²) in [6.07, 6.45) is 3.32. The van der Waals surface area contributed by atoms with Gasteiger partial charge in [-0.1, -0.05) is 0 Å². The first-order chi connectivity index (χ1) is 7.53. The van der Waals surface area contributed by atoms with Crippen LogP contribution in [0.2, 0.25) is 0 Å². The van der Waals surface area contributed by atoms with Gasteiger partial charge in [0.1, 0.15) is 0 Å². The molecule has 1 aliphatic rings. The summed E-state index contributed by atoms with van der Waals surface area (Å²) in [4.78, 5) is 2.36. The molecule has 1 fully saturated rings. The molecule has 0 bridgehead atoms. The molecule has 0 aromatic heterocycles. The van der Waals surface area contributed by atoms with Gasteiger partial charge >= 0.3 is 0 Å². The third-order valence-electron chi connectivity index (χ3n) is 3.33. The lowest BCUT2D eigenvalue weighted by Gasteiger charge is -2.28. The first-order valence-electron chi connectivity index (χ1n) is 6.21. The van der Waals surface area contributed by atoms with E-state index in [0.717, 1.165) is 38.6 Å². The predicted molar refractivity (Wildman–Crippen MR) is 65.1 cm³/mol. The van der Waals surface area contributed by atoms with Crippen LogP contribution in [-0.2, 0) is 4.74 Å². The van der Waals surface area contributed by atoms with E-state index in [2.05, 4.69) is 18.0 Å². The highest BCUT2D eigenvalue weighted by atomic mass is 16.5. The van der Waals surface area contributed by atoms with Gasteiger partial charge < -0.3 is 9.64 Å². The highest BCUT2D eigenvalue weighted by Gasteiger charge is 2.19. The van der Waals surface area contributed by atoms with Gasteiger partial charge in [0.15, 0.2) is 0 Å². The van der Waals surface area contributed by atoms with Crippen molar-refractivity contribution in [3.63, 3.8) is 0 Å². The summed E-state index contributed by atoms with van der Waals surface area (Å²) < 4.78 is 5.35. The molecule has 3 heteroatoms. The van der Waals surface area contributed by atoms with Crippen LogP contribution in [0.3, 0.4) is 0 Å². The van der Waals surface area contributed by atoms with Crippen molar-refractivity contribution in [1.29, 1.82) is 5.26 Å². The molecule has 16 heavy (non-hydrogen) atoms. The van der Waals surface area contributed by atoms with E-state index in [1.165, 1.54) is 12.8 Å². The van der Waals surface area contributed by atoms with Gasteiger partial charge in [-0.2, -0.15) is 5.26 Å². The Hall–Kier alpha value is -0.590. The Kier molecular flexibility index (Phi) is 5.24. The second-order valence-corrected chi connectivity index (χ2v) is 5.56. The molecule has 1 rings (SSSR count). The Bertz CT molecular complexity index is 239. The van der Waals surface area contributed by atoms with Crippen LogP contribution in [0.5, 0.6) is 0 Å². The lowest BCUT2D eigenvalue weighted by molar-refractivity contribution is 0.0549. The molecule has 0 aromatic rings. The maximum absolute atomic E-state index is 8.94. The van der Waals surface area contributed by atoms with Crippen LogP contribution in [0.15, 0.2) is 0 Å². The zero-order chi connectivity index (χ0) is 12.0. The fourth-order valence-electron chi connectivity index (χ4n) is 1.99. The standard InChI is InChI=1S/C13H24N2O/c1-13(2,11-14)6-7-15(3)10-12-4-8-16-9-5-12/h12H,4-10H2,1-3H3. The van der Waals surface area contributed by atoms with E-state index in [1.807, 2.05) is 13.8 Å². The van der Waals surface area contributed by atoms with Crippen LogP contribution in [0.4, 0.5) is 0 Å². The van der Waals surface area contributed by atoms with Crippen LogP contribution in [0, 0.1) is 22.7 Å². The maximum atomic E-state index is 8.94. The highest BCUT2D eigenvalue weighted by molar-refractivity contribution is 4.91. The minimum Gasteiger partial charge on any atom is -0.381 e. The fraction of sp³-hybridized carbons (Fsp3) is 0.923. The smallest absolute Gasteiger partial charge is 0.0684 e. The molecule has 0 N–H and O–H groups in total. The third-order valence-corrected chi connectivity index (χ3v) is 3.33. The van der Waals surface area contributed by atoms with E-state index in [-0.39, 0.29) is 5.41 Å². The molecule has 1 heterocycles. The Labute approximate surface area is 99.4 Å². The molecule has 0 unspecified atom stereocenters. The first-order valence-corrected chi connectivity index (χ1v) is 6.21. The molecule has 1 aliphatic heterocycles. The largest absolute Gasteiger partial charge is 0.381 e. The minimum absolute atomic E-state index is 0.191. The van der Waals surface area contributed by atoms with E-state index >= 15 is 0 Å². The molecular formula is C13H24N2O. The normalized spacial score (nSPS) is 18.7. The van der Waals surface area contributed by atoms with Gasteiger partial charge in [0, 0.05) is 19.8 Å². The summed E-state index contributed by atoms with van der Waals surface area (Å²) in [6, 6.07) is 2.35. The third kappa shape index (κ3) is 4.96. The van der Waals surface area contributed by atoms with Crippen molar-refractivity contribution in [1.82, 2.24) is 4.90 Å². The van der Waals surface area contributed by atoms with Gasteiger partial charge in [-0.15, -0.1) is 0 Å². The summed E-state index contributed by atoms with van der Waals surface area (Å²) in [7, 11) is 2.16. The van der Waals surface area contributed by atoms with Crippen molar-refractivity contribution in [2.24, 2.45) is 11.3 Å². The van der Waals surface area contributed by atoms with Crippen LogP contribution >= 0.6 is 0 Å². The van der Waals surface area contributed by atoms with Crippen molar-refractivity contribution in [2.45, 2.75) is 33.1 Å². The maximum Gasteiger partial charge on any atom is 0.0684 e. The SMILES string of the molecule is CN(CCC(C)(C)C#N)CC1CCOCC1. The molecule has 92 valence electrons. The molecule has 0 aromatic carbocycles. The number of nitriles is 1. The fourth-order valence-corrected chi connectivity index (χ4v) is 1.99. The Balaban J connectivity index is 2.20. The van der Waals surface area contributed by atoms with E-state index in [0.29, 0.717) is 0 Å². The van der Waals surface area contributed by atoms with Gasteiger partial charge in [-0.25, -0.2) is 0 Å². The quantitative estimate of drug-likeness (QED) is 0.719. The van der Waals surface area contributed by atoms with Crippen molar-refractivity contribution in [3.8, 4) is 6.07 Å². The number of ether oxygens (including phenoxy) is 1. The molecule has 0 saturated carbocycles. The van der Waals surface area contributed by atoms with Crippen LogP contribution in [0.1, 0.15) is 33.1 Å². The minimum atomic E-state index is -0.191. The summed E-state index contributed by atoms with van der Waals surface area (Å²) in [5, 5.41) is 8.94. The highest BCUT2D eigenvalue weighted by Crippen LogP contribution is 2.20. The summed E-state index contributed by atoms with van der Waals surface area (Å²) >= 11 is 0. The van der Waals surface area contributed by atoms with E-state index in [9.17, 15) is 0 Å². The Morgan fingerprint density at radius 1 is 1.38 bits per heavy atom. The van der Waals surface area contributed by atoms with Gasteiger partial charge in [0.2, 0.25) is 0 Å². The first kappa shape index (κ1) is 13.5. The molecule has 0 atom stereocenters. The summed E-state index contributed by atoms with van der Waals surface area (Å²) in [5.74, 6) is 0.781. The zero-order valence-electron chi connectivity index (χ0n) is 10.8. The van der Waals surface area contributed by atoms with Crippen LogP contribution < -0.4 is 0 Å². The monoisotopic (exact) mass is 224 g/mol. The summed E-state index contributed by atoms with van der Waals surface area (Å²) in [5.41, 5.74) is -0.191. The topological polar surface area (TPSA) is 36.3 Å². The van der Waals surface area contributed by atoms with Crippen LogP contribution in [0.25, 0.3) is 0 Å². The average molecular weight is 224 g/mol. The number of hydrogen-bond acceptors (Lipinski definition) is 3. The van der Waals surface area contributed by atoms with Gasteiger partial charge in [0.25, 0.3) is 0 Å². The molecule has 0 radical (unpaired) electrons. The Morgan fingerprint density at radius 2 is 2.00 bits per heavy atom. The van der Waals surface area contributed by atoms with Crippen LogP contribution in [-0.4, -0.2) is 38.3 Å². The van der Waals surface area contributed by atoms with Gasteiger partial charge in [-0.3, -0.25) is 0 Å². The van der Waals surface area contributed by atoms with Crippen molar-refractivity contribution in [3.05, 3.63) is 0 Å². The second kappa shape index (κ2) is 6.22. The van der Waals surface area contributed by atoms with Crippen molar-refractivity contribution < 1.29 is 4.74 Å². The number of rotatable bonds is 5. The number of nitrogens with zero attached hydrogens (tertiary/aromatic N) is 2. The lowest BCUT2D eigenvalue weighted by Crippen LogP contribution is -2.31. The van der Waals surface area contributed by atoms with E-state index in [4.69, 9.17) is 10.00 Å². The van der Waals surface area contributed by atoms with E-state index < -0.39 is 0 Å². The Morgan fingerprint density at radius 3 is 2.56 bits per heavy atom. The second-order valence-electron chi connectivity index (χ2n) is 5.56. The summed E-state index contributed by atoms with van der Waals surface area (Å²) in [6.45, 7) is 8.01. The van der Waals surface area contributed by atoms with Gasteiger partial charge in [0.05, 0.1) is 11.5 Å². The van der Waals surface area contributed by atoms with Gasteiger partial charge in [-0.05, 0) is 52.6 Å². The molecular weight excluding hydrogens is 200 g/mol. The molecule has 1 saturated heterocycles. The molecule has 0 aliphatic carbocycles. The average Bonchev–Trinajstić information content (AvgIpc) is 2.28. The predicted octanol–water partition coefficient (Wildman–Crippen LogP) is 2.28. The molecule has 0 spiro atoms. The van der Waals surface area contributed by atoms with Crippen molar-refractivity contribution in [2.75, 3.05) is 33.4 Å². The molecule has 0 amide bonds. The van der Waals surface area contributed by atoms with E-state index in [1.54, 1.807) is 0 Å². The lowest BCUT2D eigenvalue weighted by atomic mass is 9.91. The number of hydrogen-bond donors (Lipinski definition) is 0. The molecule has 3 nitrogen and oxygen atoms in total. The zero-order valence-corrected chi connectivity index (χ0v) is 10.8. The van der Waals surface area contributed by atoms with Crippen molar-refractivity contribution >= 4 is 0 Å².